The molecule has 0 bridgehead atoms. The Kier molecular flexibility index (Phi) is 4.52. The summed E-state index contributed by atoms with van der Waals surface area (Å²) < 4.78 is 1.70. The molecule has 2 heterocycles. The summed E-state index contributed by atoms with van der Waals surface area (Å²) in [5, 5.41) is 18.1. The lowest BCUT2D eigenvalue weighted by Crippen LogP contribution is -1.89. The molecule has 0 atom stereocenters. The predicted octanol–water partition coefficient (Wildman–Crippen LogP) is 2.85. The van der Waals surface area contributed by atoms with E-state index in [1.165, 1.54) is 29.3 Å². The molecule has 0 aliphatic rings. The maximum Gasteiger partial charge on any atom is 0.181 e. The summed E-state index contributed by atoms with van der Waals surface area (Å²) in [5.74, 6) is 0. The van der Waals surface area contributed by atoms with Gasteiger partial charge in [0, 0.05) is 17.6 Å². The van der Waals surface area contributed by atoms with Crippen molar-refractivity contribution in [2.75, 3.05) is 0 Å². The molecule has 0 aliphatic heterocycles. The van der Waals surface area contributed by atoms with Gasteiger partial charge in [0.05, 0.1) is 0 Å². The van der Waals surface area contributed by atoms with Crippen LogP contribution in [-0.2, 0) is 0 Å². The van der Waals surface area contributed by atoms with Gasteiger partial charge in [-0.05, 0) is 11.8 Å². The molecule has 0 aromatic carbocycles. The zero-order chi connectivity index (χ0) is 13.0. The minimum atomic E-state index is 0.316. The smallest absolute Gasteiger partial charge is 0.181 e. The van der Waals surface area contributed by atoms with Crippen molar-refractivity contribution in [3.05, 3.63) is 18.1 Å². The summed E-state index contributed by atoms with van der Waals surface area (Å²) in [7, 11) is 0. The highest BCUT2D eigenvalue weighted by Crippen LogP contribution is 2.34. The Balaban J connectivity index is 2.14. The van der Waals surface area contributed by atoms with Crippen LogP contribution in [0.3, 0.4) is 0 Å². The zero-order valence-electron chi connectivity index (χ0n) is 9.69. The molecule has 5 nitrogen and oxygen atoms in total. The highest BCUT2D eigenvalue weighted by Gasteiger charge is 2.12. The molecular weight excluding hydrogens is 286 g/mol. The van der Waals surface area contributed by atoms with Crippen molar-refractivity contribution in [2.24, 2.45) is 0 Å². The van der Waals surface area contributed by atoms with Gasteiger partial charge in [-0.25, -0.2) is 9.97 Å². The van der Waals surface area contributed by atoms with Crippen LogP contribution >= 0.6 is 34.9 Å². The van der Waals surface area contributed by atoms with E-state index in [1.807, 2.05) is 6.07 Å². The lowest BCUT2D eigenvalue weighted by atomic mass is 10.5. The van der Waals surface area contributed by atoms with Gasteiger partial charge in [0.2, 0.25) is 0 Å². The van der Waals surface area contributed by atoms with Gasteiger partial charge in [0.25, 0.3) is 0 Å². The lowest BCUT2D eigenvalue weighted by Gasteiger charge is -1.97. The number of rotatable bonds is 4. The van der Waals surface area contributed by atoms with Gasteiger partial charge in [0.15, 0.2) is 14.4 Å². The van der Waals surface area contributed by atoms with Crippen molar-refractivity contribution < 1.29 is 0 Å². The van der Waals surface area contributed by atoms with Crippen LogP contribution in [0.4, 0.5) is 0 Å². The molecule has 0 aliphatic carbocycles. The Labute approximate surface area is 117 Å². The van der Waals surface area contributed by atoms with Crippen LogP contribution in [0.1, 0.15) is 19.5 Å². The minimum Gasteiger partial charge on any atom is -0.245 e. The molecule has 92 valence electrons. The van der Waals surface area contributed by atoms with Gasteiger partial charge in [-0.3, -0.25) is 0 Å². The number of aromatic nitrogens is 4. The van der Waals surface area contributed by atoms with Gasteiger partial charge in [-0.1, -0.05) is 36.9 Å². The molecule has 0 amide bonds. The van der Waals surface area contributed by atoms with Crippen molar-refractivity contribution in [3.8, 4) is 6.07 Å². The molecule has 0 saturated carbocycles. The first-order valence-corrected chi connectivity index (χ1v) is 7.59. The third-order valence-corrected chi connectivity index (χ3v) is 4.73. The van der Waals surface area contributed by atoms with Gasteiger partial charge >= 0.3 is 0 Å². The first kappa shape index (κ1) is 13.3. The van der Waals surface area contributed by atoms with Gasteiger partial charge in [0.1, 0.15) is 11.1 Å². The molecule has 2 aromatic heterocycles. The maximum atomic E-state index is 8.92. The van der Waals surface area contributed by atoms with E-state index in [0.717, 1.165) is 8.68 Å². The van der Waals surface area contributed by atoms with Crippen LogP contribution < -0.4 is 0 Å². The Hall–Kier alpha value is -1.17. The van der Waals surface area contributed by atoms with Gasteiger partial charge in [-0.15, -0.1) is 10.2 Å². The van der Waals surface area contributed by atoms with Crippen LogP contribution in [0.5, 0.6) is 0 Å². The van der Waals surface area contributed by atoms with E-state index in [1.54, 1.807) is 18.0 Å². The van der Waals surface area contributed by atoms with Crippen molar-refractivity contribution in [1.82, 2.24) is 20.2 Å². The third-order valence-electron chi connectivity index (χ3n) is 1.68. The second-order valence-electron chi connectivity index (χ2n) is 3.42. The van der Waals surface area contributed by atoms with Crippen LogP contribution in [0, 0.1) is 11.3 Å². The van der Waals surface area contributed by atoms with Crippen molar-refractivity contribution in [2.45, 2.75) is 32.8 Å². The van der Waals surface area contributed by atoms with Crippen molar-refractivity contribution in [1.29, 1.82) is 5.26 Å². The van der Waals surface area contributed by atoms with E-state index in [-0.39, 0.29) is 0 Å². The molecule has 0 fully saturated rings. The molecule has 2 aromatic rings. The van der Waals surface area contributed by atoms with Gasteiger partial charge in [-0.2, -0.15) is 5.26 Å². The Morgan fingerprint density at radius 1 is 1.22 bits per heavy atom. The number of hydrogen-bond acceptors (Lipinski definition) is 8. The van der Waals surface area contributed by atoms with E-state index >= 15 is 0 Å². The van der Waals surface area contributed by atoms with Crippen LogP contribution in [-0.4, -0.2) is 25.4 Å². The summed E-state index contributed by atoms with van der Waals surface area (Å²) in [6.07, 6.45) is 3.07. The second kappa shape index (κ2) is 6.13. The molecule has 0 radical (unpaired) electrons. The third kappa shape index (κ3) is 3.41. The minimum absolute atomic E-state index is 0.316. The Morgan fingerprint density at radius 2 is 1.94 bits per heavy atom. The first-order chi connectivity index (χ1) is 8.69. The fourth-order valence-corrected chi connectivity index (χ4v) is 4.21. The lowest BCUT2D eigenvalue weighted by molar-refractivity contribution is 0.945. The summed E-state index contributed by atoms with van der Waals surface area (Å²) in [6, 6.07) is 2.01. The van der Waals surface area contributed by atoms with Crippen LogP contribution in [0.15, 0.2) is 26.1 Å². The topological polar surface area (TPSA) is 75.3 Å². The molecule has 0 spiro atoms. The fraction of sp³-hybridized carbons (Fsp3) is 0.300. The van der Waals surface area contributed by atoms with E-state index in [2.05, 4.69) is 34.0 Å². The van der Waals surface area contributed by atoms with Gasteiger partial charge < -0.3 is 0 Å². The molecule has 2 rings (SSSR count). The SMILES string of the molecule is CC(C)Sc1nnc(Sc2nccnc2C#N)s1. The molecule has 0 saturated heterocycles. The number of hydrogen-bond donors (Lipinski definition) is 0. The molecular formula is C10H9N5S3. The highest BCUT2D eigenvalue weighted by atomic mass is 32.2. The molecule has 18 heavy (non-hydrogen) atoms. The van der Waals surface area contributed by atoms with Crippen LogP contribution in [0.2, 0.25) is 0 Å². The second-order valence-corrected chi connectivity index (χ2v) is 7.46. The molecule has 0 unspecified atom stereocenters. The number of thioether (sulfide) groups is 1. The van der Waals surface area contributed by atoms with E-state index in [0.29, 0.717) is 16.0 Å². The molecule has 8 heteroatoms. The Bertz CT molecular complexity index is 575. The van der Waals surface area contributed by atoms with E-state index < -0.39 is 0 Å². The standard InChI is InChI=1S/C10H9N5S3/c1-6(2)16-9-14-15-10(18-9)17-8-7(5-11)12-3-4-13-8/h3-4,6H,1-2H3. The maximum absolute atomic E-state index is 8.92. The Morgan fingerprint density at radius 3 is 2.67 bits per heavy atom. The van der Waals surface area contributed by atoms with Crippen molar-refractivity contribution >= 4 is 34.9 Å². The van der Waals surface area contributed by atoms with E-state index in [9.17, 15) is 0 Å². The summed E-state index contributed by atoms with van der Waals surface area (Å²) in [6.45, 7) is 4.21. The highest BCUT2D eigenvalue weighted by molar-refractivity contribution is 8.03. The van der Waals surface area contributed by atoms with E-state index in [4.69, 9.17) is 5.26 Å². The average Bonchev–Trinajstić information content (AvgIpc) is 2.76. The number of nitriles is 1. The zero-order valence-corrected chi connectivity index (χ0v) is 12.1. The monoisotopic (exact) mass is 295 g/mol. The first-order valence-electron chi connectivity index (χ1n) is 5.08. The van der Waals surface area contributed by atoms with Crippen LogP contribution in [0.25, 0.3) is 0 Å². The fourth-order valence-electron chi connectivity index (χ4n) is 1.05. The summed E-state index contributed by atoms with van der Waals surface area (Å²) >= 11 is 4.49. The summed E-state index contributed by atoms with van der Waals surface area (Å²) in [5.41, 5.74) is 0.316. The normalized spacial score (nSPS) is 10.6. The predicted molar refractivity (Wildman–Crippen MR) is 71.8 cm³/mol. The quantitative estimate of drug-likeness (QED) is 0.803. The molecule has 0 N–H and O–H groups in total. The largest absolute Gasteiger partial charge is 0.245 e. The van der Waals surface area contributed by atoms with Crippen molar-refractivity contribution in [3.63, 3.8) is 0 Å². The number of nitrogens with zero attached hydrogens (tertiary/aromatic N) is 5. The average molecular weight is 295 g/mol. The summed E-state index contributed by atoms with van der Waals surface area (Å²) in [4.78, 5) is 8.08.